The molecule has 6 heteroatoms. The summed E-state index contributed by atoms with van der Waals surface area (Å²) in [6.07, 6.45) is 0. The lowest BCUT2D eigenvalue weighted by molar-refractivity contribution is 0.669. The highest BCUT2D eigenvalue weighted by molar-refractivity contribution is 7.26. The van der Waals surface area contributed by atoms with Crippen LogP contribution in [-0.4, -0.2) is 19.5 Å². The van der Waals surface area contributed by atoms with Crippen LogP contribution < -0.4 is 0 Å². The Labute approximate surface area is 330 Å². The topological polar surface area (TPSA) is 56.7 Å². The van der Waals surface area contributed by atoms with Gasteiger partial charge in [0.25, 0.3) is 0 Å². The SMILES string of the molecule is c1ccc(-c2nc(-c3ccccc3)nc(-c3cccc4c3oc3ccc(-c5ccc6c(c5)c5c7sc8ccccc8c7ccc5n6-c5ccccc5)cc34)n2)cc1. The molecule has 0 spiro atoms. The number of aromatic nitrogens is 4. The summed E-state index contributed by atoms with van der Waals surface area (Å²) in [4.78, 5) is 14.9. The third kappa shape index (κ3) is 5.04. The van der Waals surface area contributed by atoms with Crippen molar-refractivity contribution in [2.24, 2.45) is 0 Å². The zero-order chi connectivity index (χ0) is 37.5. The van der Waals surface area contributed by atoms with Gasteiger partial charge in [-0.1, -0.05) is 127 Å². The molecule has 12 rings (SSSR count). The van der Waals surface area contributed by atoms with Crippen molar-refractivity contribution in [3.05, 3.63) is 182 Å². The number of rotatable bonds is 5. The molecule has 0 atom stereocenters. The van der Waals surface area contributed by atoms with Gasteiger partial charge in [0.2, 0.25) is 0 Å². The minimum atomic E-state index is 0.570. The van der Waals surface area contributed by atoms with Crippen molar-refractivity contribution in [3.8, 4) is 51.0 Å². The van der Waals surface area contributed by atoms with Crippen LogP contribution in [0.1, 0.15) is 0 Å². The average molecular weight is 747 g/mol. The standard InChI is InChI=1S/C51H30N4OS/c1-4-13-31(14-5-1)49-52-50(32-15-6-2-7-16-32)54-51(53-49)39-21-12-20-37-40-29-34(24-28-44(40)56-47(37)39)33-23-26-42-41(30-33)46-43(55(42)35-17-8-3-9-18-35)27-25-38-36-19-10-11-22-45(36)57-48(38)46/h1-30H. The van der Waals surface area contributed by atoms with Crippen LogP contribution in [0.4, 0.5) is 0 Å². The lowest BCUT2D eigenvalue weighted by atomic mass is 10.00. The molecule has 4 heterocycles. The second kappa shape index (κ2) is 12.6. The number of hydrogen-bond donors (Lipinski definition) is 0. The van der Waals surface area contributed by atoms with E-state index in [-0.39, 0.29) is 0 Å². The first-order valence-corrected chi connectivity index (χ1v) is 19.8. The van der Waals surface area contributed by atoms with Crippen molar-refractivity contribution in [1.29, 1.82) is 0 Å². The van der Waals surface area contributed by atoms with Gasteiger partial charge in [-0.05, 0) is 65.7 Å². The fourth-order valence-corrected chi connectivity index (χ4v) is 9.66. The van der Waals surface area contributed by atoms with Gasteiger partial charge < -0.3 is 8.98 Å². The van der Waals surface area contributed by atoms with Crippen LogP contribution >= 0.6 is 11.3 Å². The van der Waals surface area contributed by atoms with Gasteiger partial charge in [0, 0.05) is 58.5 Å². The molecule has 0 aliphatic rings. The van der Waals surface area contributed by atoms with Crippen molar-refractivity contribution in [1.82, 2.24) is 19.5 Å². The molecule has 8 aromatic carbocycles. The molecule has 0 saturated carbocycles. The minimum Gasteiger partial charge on any atom is -0.455 e. The summed E-state index contributed by atoms with van der Waals surface area (Å²) < 4.78 is 11.7. The predicted molar refractivity (Wildman–Crippen MR) is 236 cm³/mol. The number of thiophene rings is 1. The monoisotopic (exact) mass is 746 g/mol. The van der Waals surface area contributed by atoms with E-state index < -0.39 is 0 Å². The van der Waals surface area contributed by atoms with E-state index in [1.807, 2.05) is 78.1 Å². The summed E-state index contributed by atoms with van der Waals surface area (Å²) >= 11 is 1.88. The third-order valence-corrected chi connectivity index (χ3v) is 12.3. The van der Waals surface area contributed by atoms with Crippen LogP contribution in [-0.2, 0) is 0 Å². The number of benzene rings is 8. The van der Waals surface area contributed by atoms with E-state index >= 15 is 0 Å². The second-order valence-corrected chi connectivity index (χ2v) is 15.4. The van der Waals surface area contributed by atoms with Gasteiger partial charge in [-0.15, -0.1) is 11.3 Å². The average Bonchev–Trinajstić information content (AvgIpc) is 3.96. The molecule has 0 amide bonds. The Bertz CT molecular complexity index is 3460. The maximum absolute atomic E-state index is 6.67. The highest BCUT2D eigenvalue weighted by Crippen LogP contribution is 2.45. The molecule has 266 valence electrons. The summed E-state index contributed by atoms with van der Waals surface area (Å²) in [7, 11) is 0. The Hall–Kier alpha value is -7.41. The molecular weight excluding hydrogens is 717 g/mol. The van der Waals surface area contributed by atoms with Gasteiger partial charge in [-0.2, -0.15) is 0 Å². The molecule has 12 aromatic rings. The number of hydrogen-bond acceptors (Lipinski definition) is 5. The zero-order valence-corrected chi connectivity index (χ0v) is 31.2. The van der Waals surface area contributed by atoms with E-state index in [0.29, 0.717) is 17.5 Å². The van der Waals surface area contributed by atoms with Crippen LogP contribution in [0.3, 0.4) is 0 Å². The van der Waals surface area contributed by atoms with Crippen LogP contribution in [0, 0.1) is 0 Å². The molecule has 57 heavy (non-hydrogen) atoms. The first-order valence-electron chi connectivity index (χ1n) is 19.0. The van der Waals surface area contributed by atoms with Crippen LogP contribution in [0.15, 0.2) is 186 Å². The van der Waals surface area contributed by atoms with Gasteiger partial charge >= 0.3 is 0 Å². The van der Waals surface area contributed by atoms with Gasteiger partial charge in [0.1, 0.15) is 11.2 Å². The van der Waals surface area contributed by atoms with Crippen molar-refractivity contribution in [2.75, 3.05) is 0 Å². The second-order valence-electron chi connectivity index (χ2n) is 14.4. The van der Waals surface area contributed by atoms with E-state index in [2.05, 4.69) is 120 Å². The van der Waals surface area contributed by atoms with Crippen molar-refractivity contribution >= 4 is 75.3 Å². The Morgan fingerprint density at radius 2 is 1.04 bits per heavy atom. The smallest absolute Gasteiger partial charge is 0.167 e. The molecule has 0 radical (unpaired) electrons. The van der Waals surface area contributed by atoms with Crippen LogP contribution in [0.2, 0.25) is 0 Å². The van der Waals surface area contributed by atoms with E-state index in [1.54, 1.807) is 0 Å². The lowest BCUT2D eigenvalue weighted by Crippen LogP contribution is -2.00. The molecular formula is C51H30N4OS. The fourth-order valence-electron chi connectivity index (χ4n) is 8.40. The molecule has 0 unspecified atom stereocenters. The molecule has 0 aliphatic carbocycles. The fraction of sp³-hybridized carbons (Fsp3) is 0. The number of furan rings is 1. The summed E-state index contributed by atoms with van der Waals surface area (Å²) in [5.74, 6) is 1.80. The first-order chi connectivity index (χ1) is 28.2. The number of fused-ring (bicyclic) bond motifs is 10. The summed E-state index contributed by atoms with van der Waals surface area (Å²) in [5.41, 5.74) is 10.1. The molecule has 0 N–H and O–H groups in total. The maximum Gasteiger partial charge on any atom is 0.167 e. The van der Waals surface area contributed by atoms with Gasteiger partial charge in [-0.25, -0.2) is 15.0 Å². The molecule has 5 nitrogen and oxygen atoms in total. The summed E-state index contributed by atoms with van der Waals surface area (Å²) in [6.45, 7) is 0. The lowest BCUT2D eigenvalue weighted by Gasteiger charge is -2.08. The quantitative estimate of drug-likeness (QED) is 0.176. The van der Waals surface area contributed by atoms with E-state index in [9.17, 15) is 0 Å². The maximum atomic E-state index is 6.67. The van der Waals surface area contributed by atoms with E-state index in [0.717, 1.165) is 55.4 Å². The van der Waals surface area contributed by atoms with Crippen molar-refractivity contribution in [3.63, 3.8) is 0 Å². The number of nitrogens with zero attached hydrogens (tertiary/aromatic N) is 4. The van der Waals surface area contributed by atoms with Crippen molar-refractivity contribution in [2.45, 2.75) is 0 Å². The number of para-hydroxylation sites is 2. The highest BCUT2D eigenvalue weighted by Gasteiger charge is 2.20. The molecule has 4 aromatic heterocycles. The largest absolute Gasteiger partial charge is 0.455 e. The summed E-state index contributed by atoms with van der Waals surface area (Å²) in [5, 5.41) is 7.19. The van der Waals surface area contributed by atoms with Gasteiger partial charge in [0.05, 0.1) is 16.6 Å². The molecule has 0 fully saturated rings. The van der Waals surface area contributed by atoms with E-state index in [4.69, 9.17) is 19.4 Å². The Balaban J connectivity index is 1.04. The van der Waals surface area contributed by atoms with E-state index in [1.165, 1.54) is 42.0 Å². The predicted octanol–water partition coefficient (Wildman–Crippen LogP) is 13.9. The zero-order valence-electron chi connectivity index (χ0n) is 30.4. The van der Waals surface area contributed by atoms with Crippen LogP contribution in [0.5, 0.6) is 0 Å². The molecule has 0 bridgehead atoms. The summed E-state index contributed by atoms with van der Waals surface area (Å²) in [6, 6.07) is 63.8. The van der Waals surface area contributed by atoms with Crippen molar-refractivity contribution < 1.29 is 4.42 Å². The Morgan fingerprint density at radius 1 is 0.421 bits per heavy atom. The Morgan fingerprint density at radius 3 is 1.79 bits per heavy atom. The highest BCUT2D eigenvalue weighted by atomic mass is 32.1. The Kier molecular flexibility index (Phi) is 7.03. The first kappa shape index (κ1) is 31.9. The normalized spacial score (nSPS) is 11.9. The molecule has 0 saturated heterocycles. The van der Waals surface area contributed by atoms with Gasteiger partial charge in [0.15, 0.2) is 17.5 Å². The van der Waals surface area contributed by atoms with Crippen LogP contribution in [0.25, 0.3) is 115 Å². The molecule has 0 aliphatic heterocycles. The minimum absolute atomic E-state index is 0.570. The third-order valence-electron chi connectivity index (χ3n) is 11.1. The van der Waals surface area contributed by atoms with Gasteiger partial charge in [-0.3, -0.25) is 0 Å².